The maximum absolute atomic E-state index is 10.7. The van der Waals surface area contributed by atoms with Crippen molar-refractivity contribution >= 4 is 29.1 Å². The highest BCUT2D eigenvalue weighted by atomic mass is 35.5. The molecule has 7 nitrogen and oxygen atoms in total. The van der Waals surface area contributed by atoms with E-state index in [1.54, 1.807) is 19.1 Å². The van der Waals surface area contributed by atoms with E-state index in [2.05, 4.69) is 15.2 Å². The van der Waals surface area contributed by atoms with Crippen LogP contribution in [-0.4, -0.2) is 20.1 Å². The van der Waals surface area contributed by atoms with Gasteiger partial charge in [-0.3, -0.25) is 10.1 Å². The number of benzene rings is 1. The van der Waals surface area contributed by atoms with Crippen molar-refractivity contribution < 1.29 is 9.34 Å². The van der Waals surface area contributed by atoms with Crippen molar-refractivity contribution in [2.45, 2.75) is 17.2 Å². The molecule has 1 aromatic carbocycles. The van der Waals surface area contributed by atoms with Crippen LogP contribution in [0.15, 0.2) is 51.2 Å². The molecule has 0 atom stereocenters. The maximum atomic E-state index is 10.7. The number of hydrogen-bond acceptors (Lipinski definition) is 7. The lowest BCUT2D eigenvalue weighted by atomic mass is 10.2. The fourth-order valence-corrected chi connectivity index (χ4v) is 2.74. The Labute approximate surface area is 139 Å². The second-order valence-electron chi connectivity index (χ2n) is 4.53. The zero-order valence-electron chi connectivity index (χ0n) is 11.8. The SMILES string of the molecule is Cc1cc([N+](=O)[O-])cnc1Sc1nnc(-c2ccccc2Cl)o1. The number of aromatic nitrogens is 3. The van der Waals surface area contributed by atoms with E-state index in [9.17, 15) is 10.1 Å². The first-order valence-electron chi connectivity index (χ1n) is 6.42. The molecule has 0 aliphatic carbocycles. The molecule has 0 unspecified atom stereocenters. The molecule has 0 bridgehead atoms. The fraction of sp³-hybridized carbons (Fsp3) is 0.0714. The number of aryl methyl sites for hydroxylation is 1. The third-order valence-electron chi connectivity index (χ3n) is 2.92. The minimum Gasteiger partial charge on any atom is -0.411 e. The molecule has 23 heavy (non-hydrogen) atoms. The topological polar surface area (TPSA) is 95.0 Å². The van der Waals surface area contributed by atoms with Gasteiger partial charge in [0.15, 0.2) is 0 Å². The molecule has 116 valence electrons. The Kier molecular flexibility index (Phi) is 4.26. The standard InChI is InChI=1S/C14H9ClN4O3S/c1-8-6-9(19(20)21)7-16-13(8)23-14-18-17-12(22-14)10-4-2-3-5-11(10)15/h2-7H,1H3. The first kappa shape index (κ1) is 15.4. The van der Waals surface area contributed by atoms with Gasteiger partial charge in [0.25, 0.3) is 10.9 Å². The summed E-state index contributed by atoms with van der Waals surface area (Å²) in [6.07, 6.45) is 1.20. The monoisotopic (exact) mass is 348 g/mol. The minimum absolute atomic E-state index is 0.0610. The Balaban J connectivity index is 1.85. The highest BCUT2D eigenvalue weighted by molar-refractivity contribution is 7.99. The van der Waals surface area contributed by atoms with Crippen LogP contribution in [0.5, 0.6) is 0 Å². The number of nitro groups is 1. The Morgan fingerprint density at radius 2 is 2.09 bits per heavy atom. The Hall–Kier alpha value is -2.45. The summed E-state index contributed by atoms with van der Waals surface area (Å²) in [6, 6.07) is 8.58. The summed E-state index contributed by atoms with van der Waals surface area (Å²) in [7, 11) is 0. The first-order valence-corrected chi connectivity index (χ1v) is 7.61. The van der Waals surface area contributed by atoms with Gasteiger partial charge < -0.3 is 4.42 Å². The van der Waals surface area contributed by atoms with Crippen molar-refractivity contribution in [3.05, 3.63) is 57.2 Å². The zero-order chi connectivity index (χ0) is 16.4. The summed E-state index contributed by atoms with van der Waals surface area (Å²) in [5.41, 5.74) is 1.23. The highest BCUT2D eigenvalue weighted by Crippen LogP contribution is 2.32. The third-order valence-corrected chi connectivity index (χ3v) is 4.21. The van der Waals surface area contributed by atoms with E-state index >= 15 is 0 Å². The van der Waals surface area contributed by atoms with Gasteiger partial charge in [-0.15, -0.1) is 10.2 Å². The van der Waals surface area contributed by atoms with Gasteiger partial charge in [0.1, 0.15) is 11.2 Å². The minimum atomic E-state index is -0.489. The molecule has 0 aliphatic rings. The van der Waals surface area contributed by atoms with E-state index in [0.717, 1.165) is 11.8 Å². The van der Waals surface area contributed by atoms with Crippen molar-refractivity contribution in [3.63, 3.8) is 0 Å². The van der Waals surface area contributed by atoms with E-state index in [1.165, 1.54) is 12.3 Å². The zero-order valence-corrected chi connectivity index (χ0v) is 13.3. The fourth-order valence-electron chi connectivity index (χ4n) is 1.83. The molecular weight excluding hydrogens is 340 g/mol. The number of rotatable bonds is 4. The van der Waals surface area contributed by atoms with Crippen molar-refractivity contribution in [1.82, 2.24) is 15.2 Å². The molecule has 3 rings (SSSR count). The lowest BCUT2D eigenvalue weighted by molar-refractivity contribution is -0.385. The average Bonchev–Trinajstić information content (AvgIpc) is 2.98. The largest absolute Gasteiger partial charge is 0.411 e. The summed E-state index contributed by atoms with van der Waals surface area (Å²) in [5.74, 6) is 0.303. The molecule has 0 amide bonds. The van der Waals surface area contributed by atoms with E-state index in [0.29, 0.717) is 27.1 Å². The third kappa shape index (κ3) is 3.33. The molecular formula is C14H9ClN4O3S. The smallest absolute Gasteiger partial charge is 0.287 e. The molecule has 0 saturated carbocycles. The number of pyridine rings is 1. The molecule has 0 aliphatic heterocycles. The van der Waals surface area contributed by atoms with Crippen LogP contribution in [0.4, 0.5) is 5.69 Å². The van der Waals surface area contributed by atoms with Gasteiger partial charge >= 0.3 is 0 Å². The van der Waals surface area contributed by atoms with Crippen LogP contribution in [-0.2, 0) is 0 Å². The van der Waals surface area contributed by atoms with Gasteiger partial charge in [-0.05, 0) is 36.4 Å². The van der Waals surface area contributed by atoms with Crippen LogP contribution < -0.4 is 0 Å². The van der Waals surface area contributed by atoms with Gasteiger partial charge in [-0.1, -0.05) is 23.7 Å². The second kappa shape index (κ2) is 6.35. The highest BCUT2D eigenvalue weighted by Gasteiger charge is 2.15. The van der Waals surface area contributed by atoms with Crippen molar-refractivity contribution in [2.24, 2.45) is 0 Å². The summed E-state index contributed by atoms with van der Waals surface area (Å²) in [6.45, 7) is 1.73. The van der Waals surface area contributed by atoms with Crippen LogP contribution in [0.25, 0.3) is 11.5 Å². The molecule has 2 aromatic heterocycles. The van der Waals surface area contributed by atoms with Gasteiger partial charge in [-0.25, -0.2) is 4.98 Å². The summed E-state index contributed by atoms with van der Waals surface area (Å²) in [5, 5.41) is 20.0. The Morgan fingerprint density at radius 1 is 1.30 bits per heavy atom. The van der Waals surface area contributed by atoms with Gasteiger partial charge in [0.2, 0.25) is 5.89 Å². The van der Waals surface area contributed by atoms with Crippen molar-refractivity contribution in [2.75, 3.05) is 0 Å². The van der Waals surface area contributed by atoms with Crippen molar-refractivity contribution in [1.29, 1.82) is 0 Å². The molecule has 0 spiro atoms. The maximum Gasteiger partial charge on any atom is 0.287 e. The van der Waals surface area contributed by atoms with Crippen LogP contribution in [0, 0.1) is 17.0 Å². The molecule has 0 saturated heterocycles. The molecule has 0 radical (unpaired) electrons. The molecule has 9 heteroatoms. The summed E-state index contributed by atoms with van der Waals surface area (Å²) >= 11 is 7.23. The predicted molar refractivity (Wildman–Crippen MR) is 84.5 cm³/mol. The van der Waals surface area contributed by atoms with Gasteiger partial charge in [0, 0.05) is 6.07 Å². The van der Waals surface area contributed by atoms with Crippen LogP contribution in [0.3, 0.4) is 0 Å². The predicted octanol–water partition coefficient (Wildman–Crippen LogP) is 4.15. The lowest BCUT2D eigenvalue weighted by Gasteiger charge is -2.00. The van der Waals surface area contributed by atoms with E-state index in [-0.39, 0.29) is 10.9 Å². The lowest BCUT2D eigenvalue weighted by Crippen LogP contribution is -1.92. The van der Waals surface area contributed by atoms with Crippen molar-refractivity contribution in [3.8, 4) is 11.5 Å². The molecule has 0 N–H and O–H groups in total. The number of nitrogens with zero attached hydrogens (tertiary/aromatic N) is 4. The molecule has 0 fully saturated rings. The Bertz CT molecular complexity index is 884. The van der Waals surface area contributed by atoms with Crippen LogP contribution >= 0.6 is 23.4 Å². The van der Waals surface area contributed by atoms with Gasteiger partial charge in [-0.2, -0.15) is 0 Å². The van der Waals surface area contributed by atoms with Gasteiger partial charge in [0.05, 0.1) is 15.5 Å². The van der Waals surface area contributed by atoms with Crippen LogP contribution in [0.1, 0.15) is 5.56 Å². The summed E-state index contributed by atoms with van der Waals surface area (Å²) < 4.78 is 5.57. The summed E-state index contributed by atoms with van der Waals surface area (Å²) in [4.78, 5) is 14.3. The van der Waals surface area contributed by atoms with E-state index in [1.807, 2.05) is 12.1 Å². The Morgan fingerprint density at radius 3 is 2.78 bits per heavy atom. The number of halogens is 1. The second-order valence-corrected chi connectivity index (χ2v) is 5.87. The quantitative estimate of drug-likeness (QED) is 0.516. The normalized spacial score (nSPS) is 10.7. The average molecular weight is 349 g/mol. The van der Waals surface area contributed by atoms with Crippen LogP contribution in [0.2, 0.25) is 5.02 Å². The van der Waals surface area contributed by atoms with E-state index < -0.39 is 4.92 Å². The molecule has 2 heterocycles. The van der Waals surface area contributed by atoms with E-state index in [4.69, 9.17) is 16.0 Å². The molecule has 3 aromatic rings. The first-order chi connectivity index (χ1) is 11.0. The number of hydrogen-bond donors (Lipinski definition) is 0.